The summed E-state index contributed by atoms with van der Waals surface area (Å²) in [5, 5.41) is 0. The van der Waals surface area contributed by atoms with Crippen LogP contribution in [0.1, 0.15) is 46.0 Å². The quantitative estimate of drug-likeness (QED) is 0.588. The minimum absolute atomic E-state index is 0.994. The maximum Gasteiger partial charge on any atom is -0.00979 e. The molecule has 8 atom stereocenters. The topological polar surface area (TPSA) is 0 Å². The molecule has 0 radical (unpaired) electrons. The Morgan fingerprint density at radius 3 is 2.41 bits per heavy atom. The van der Waals surface area contributed by atoms with Gasteiger partial charge in [-0.1, -0.05) is 31.4 Å². The minimum atomic E-state index is 0.994. The van der Waals surface area contributed by atoms with Crippen molar-refractivity contribution in [3.8, 4) is 0 Å². The average molecular weight is 228 g/mol. The Kier molecular flexibility index (Phi) is 1.61. The van der Waals surface area contributed by atoms with Gasteiger partial charge in [-0.3, -0.25) is 0 Å². The van der Waals surface area contributed by atoms with E-state index in [1.807, 2.05) is 11.1 Å². The lowest BCUT2D eigenvalue weighted by atomic mass is 9.45. The molecular formula is C17H24. The second-order valence-corrected chi connectivity index (χ2v) is 7.71. The van der Waals surface area contributed by atoms with E-state index in [2.05, 4.69) is 13.8 Å². The van der Waals surface area contributed by atoms with E-state index in [9.17, 15) is 0 Å². The summed E-state index contributed by atoms with van der Waals surface area (Å²) in [6.45, 7) is 4.95. The zero-order valence-electron chi connectivity index (χ0n) is 11.2. The molecule has 0 aromatic rings. The first-order chi connectivity index (χ1) is 8.31. The highest BCUT2D eigenvalue weighted by Gasteiger charge is 2.67. The summed E-state index contributed by atoms with van der Waals surface area (Å²) in [7, 11) is 0. The van der Waals surface area contributed by atoms with E-state index in [0.717, 1.165) is 23.7 Å². The van der Waals surface area contributed by atoms with Gasteiger partial charge in [0.1, 0.15) is 0 Å². The Bertz CT molecular complexity index is 418. The van der Waals surface area contributed by atoms with Gasteiger partial charge in [0.15, 0.2) is 0 Å². The largest absolute Gasteiger partial charge is 0.0664 e. The molecule has 0 spiro atoms. The molecule has 0 aliphatic heterocycles. The fraction of sp³-hybridized carbons (Fsp3) is 0.882. The molecule has 0 saturated heterocycles. The van der Waals surface area contributed by atoms with Crippen LogP contribution in [0.2, 0.25) is 0 Å². The molecule has 4 fully saturated rings. The summed E-state index contributed by atoms with van der Waals surface area (Å²) in [6, 6.07) is 0. The standard InChI is InChI=1S/C17H24/c1-3-9-8(2)6-12-14-7-13-10-4-5-11(10)16(13)17(14)15(9)12/h8-11,13,15-17H,3-7H2,1-2H3. The number of hydrogen-bond acceptors (Lipinski definition) is 0. The van der Waals surface area contributed by atoms with Crippen LogP contribution in [-0.2, 0) is 0 Å². The average Bonchev–Trinajstić information content (AvgIpc) is 2.70. The van der Waals surface area contributed by atoms with Gasteiger partial charge >= 0.3 is 0 Å². The third-order valence-corrected chi connectivity index (χ3v) is 7.60. The third kappa shape index (κ3) is 0.861. The molecule has 0 heterocycles. The second-order valence-electron chi connectivity index (χ2n) is 7.71. The zero-order chi connectivity index (χ0) is 11.3. The van der Waals surface area contributed by atoms with Crippen molar-refractivity contribution in [3.63, 3.8) is 0 Å². The van der Waals surface area contributed by atoms with Crippen LogP contribution in [-0.4, -0.2) is 0 Å². The van der Waals surface area contributed by atoms with E-state index >= 15 is 0 Å². The van der Waals surface area contributed by atoms with E-state index < -0.39 is 0 Å². The van der Waals surface area contributed by atoms with Crippen LogP contribution in [0.5, 0.6) is 0 Å². The number of allylic oxidation sites excluding steroid dienone is 2. The molecule has 5 rings (SSSR count). The van der Waals surface area contributed by atoms with Crippen molar-refractivity contribution in [1.82, 2.24) is 0 Å². The van der Waals surface area contributed by atoms with Crippen LogP contribution in [0.15, 0.2) is 11.1 Å². The van der Waals surface area contributed by atoms with Crippen molar-refractivity contribution >= 4 is 0 Å². The Morgan fingerprint density at radius 2 is 1.71 bits per heavy atom. The molecule has 5 aliphatic rings. The first kappa shape index (κ1) is 9.64. The molecule has 92 valence electrons. The maximum absolute atomic E-state index is 2.51. The van der Waals surface area contributed by atoms with Crippen molar-refractivity contribution in [2.45, 2.75) is 46.0 Å². The van der Waals surface area contributed by atoms with E-state index in [-0.39, 0.29) is 0 Å². The minimum Gasteiger partial charge on any atom is -0.0664 e. The first-order valence-corrected chi connectivity index (χ1v) is 8.03. The van der Waals surface area contributed by atoms with Crippen molar-refractivity contribution in [1.29, 1.82) is 0 Å². The van der Waals surface area contributed by atoms with E-state index in [1.165, 1.54) is 36.5 Å². The predicted molar refractivity (Wildman–Crippen MR) is 69.4 cm³/mol. The number of fused-ring (bicyclic) bond motifs is 8. The van der Waals surface area contributed by atoms with Gasteiger partial charge in [-0.2, -0.15) is 0 Å². The molecule has 4 saturated carbocycles. The van der Waals surface area contributed by atoms with Gasteiger partial charge in [0, 0.05) is 0 Å². The predicted octanol–water partition coefficient (Wildman–Crippen LogP) is 4.27. The maximum atomic E-state index is 2.51. The van der Waals surface area contributed by atoms with Crippen LogP contribution in [0.4, 0.5) is 0 Å². The van der Waals surface area contributed by atoms with Crippen molar-refractivity contribution in [3.05, 3.63) is 11.1 Å². The van der Waals surface area contributed by atoms with Crippen LogP contribution in [0.25, 0.3) is 0 Å². The van der Waals surface area contributed by atoms with Crippen LogP contribution < -0.4 is 0 Å². The molecule has 0 aromatic carbocycles. The van der Waals surface area contributed by atoms with E-state index in [0.29, 0.717) is 0 Å². The summed E-state index contributed by atoms with van der Waals surface area (Å²) < 4.78 is 0. The fourth-order valence-electron chi connectivity index (χ4n) is 6.90. The second kappa shape index (κ2) is 2.83. The molecule has 0 nitrogen and oxygen atoms in total. The van der Waals surface area contributed by atoms with Crippen molar-refractivity contribution in [2.24, 2.45) is 47.3 Å². The Balaban J connectivity index is 1.52. The van der Waals surface area contributed by atoms with Crippen LogP contribution in [0.3, 0.4) is 0 Å². The Morgan fingerprint density at radius 1 is 0.941 bits per heavy atom. The first-order valence-electron chi connectivity index (χ1n) is 8.03. The normalized spacial score (nSPS) is 61.8. The SMILES string of the molecule is CCC1C(C)CC2=C3CC4C5CCC5C4C3C21. The highest BCUT2D eigenvalue weighted by atomic mass is 14.7. The molecule has 0 amide bonds. The molecule has 17 heavy (non-hydrogen) atoms. The lowest BCUT2D eigenvalue weighted by Gasteiger charge is -2.60. The van der Waals surface area contributed by atoms with Gasteiger partial charge in [0.2, 0.25) is 0 Å². The third-order valence-electron chi connectivity index (χ3n) is 7.60. The summed E-state index contributed by atoms with van der Waals surface area (Å²) in [5.41, 5.74) is 3.98. The molecule has 0 aromatic heterocycles. The van der Waals surface area contributed by atoms with Gasteiger partial charge in [-0.05, 0) is 73.0 Å². The number of hydrogen-bond donors (Lipinski definition) is 0. The molecule has 0 N–H and O–H groups in total. The van der Waals surface area contributed by atoms with E-state index in [1.54, 1.807) is 19.3 Å². The van der Waals surface area contributed by atoms with E-state index in [4.69, 9.17) is 0 Å². The van der Waals surface area contributed by atoms with Gasteiger partial charge < -0.3 is 0 Å². The molecule has 5 aliphatic carbocycles. The van der Waals surface area contributed by atoms with Gasteiger partial charge in [-0.15, -0.1) is 0 Å². The van der Waals surface area contributed by atoms with Gasteiger partial charge in [-0.25, -0.2) is 0 Å². The zero-order valence-corrected chi connectivity index (χ0v) is 11.2. The summed E-state index contributed by atoms with van der Waals surface area (Å²) in [5.74, 6) is 8.95. The Hall–Kier alpha value is -0.260. The molecule has 8 unspecified atom stereocenters. The lowest BCUT2D eigenvalue weighted by molar-refractivity contribution is -0.109. The highest BCUT2D eigenvalue weighted by molar-refractivity contribution is 5.43. The summed E-state index contributed by atoms with van der Waals surface area (Å²) in [4.78, 5) is 0. The van der Waals surface area contributed by atoms with Gasteiger partial charge in [0.05, 0.1) is 0 Å². The molecule has 0 bridgehead atoms. The summed E-state index contributed by atoms with van der Waals surface area (Å²) >= 11 is 0. The smallest absolute Gasteiger partial charge is 0.00979 e. The molecule has 0 heteroatoms. The van der Waals surface area contributed by atoms with Gasteiger partial charge in [0.25, 0.3) is 0 Å². The van der Waals surface area contributed by atoms with Crippen LogP contribution >= 0.6 is 0 Å². The van der Waals surface area contributed by atoms with Crippen molar-refractivity contribution < 1.29 is 0 Å². The monoisotopic (exact) mass is 228 g/mol. The Labute approximate surface area is 105 Å². The molecular weight excluding hydrogens is 204 g/mol. The lowest BCUT2D eigenvalue weighted by Crippen LogP contribution is -2.54. The number of rotatable bonds is 1. The van der Waals surface area contributed by atoms with Crippen LogP contribution in [0, 0.1) is 47.3 Å². The highest BCUT2D eigenvalue weighted by Crippen LogP contribution is 2.75. The van der Waals surface area contributed by atoms with Crippen molar-refractivity contribution in [2.75, 3.05) is 0 Å². The fourth-order valence-corrected chi connectivity index (χ4v) is 6.90. The summed E-state index contributed by atoms with van der Waals surface area (Å²) in [6.07, 6.45) is 7.63.